The maximum absolute atomic E-state index is 11.6. The Morgan fingerprint density at radius 2 is 1.85 bits per heavy atom. The van der Waals surface area contributed by atoms with E-state index in [2.05, 4.69) is 9.97 Å². The molecule has 0 saturated heterocycles. The van der Waals surface area contributed by atoms with Crippen molar-refractivity contribution in [1.29, 1.82) is 0 Å². The molecule has 0 aliphatic heterocycles. The average Bonchev–Trinajstić information content (AvgIpc) is 3.05. The molecule has 4 rings (SSSR count). The van der Waals surface area contributed by atoms with Crippen molar-refractivity contribution in [3.8, 4) is 22.8 Å². The predicted octanol–water partition coefficient (Wildman–Crippen LogP) is 4.10. The van der Waals surface area contributed by atoms with Gasteiger partial charge in [-0.05, 0) is 24.3 Å². The second-order valence-corrected chi connectivity index (χ2v) is 5.80. The molecule has 0 fully saturated rings. The Balaban J connectivity index is 2.14. The molecular formula is C20H16N2O4. The van der Waals surface area contributed by atoms with Gasteiger partial charge in [-0.2, -0.15) is 0 Å². The van der Waals surface area contributed by atoms with E-state index in [0.717, 1.165) is 21.8 Å². The number of carboxylic acid groups (broad SMARTS) is 1. The van der Waals surface area contributed by atoms with Crippen molar-refractivity contribution >= 4 is 27.8 Å². The third-order valence-corrected chi connectivity index (χ3v) is 4.37. The largest absolute Gasteiger partial charge is 0.493 e. The molecule has 0 amide bonds. The summed E-state index contributed by atoms with van der Waals surface area (Å²) in [5.41, 5.74) is 2.80. The molecule has 0 aliphatic rings. The van der Waals surface area contributed by atoms with Gasteiger partial charge in [0.05, 0.1) is 25.4 Å². The first-order valence-electron chi connectivity index (χ1n) is 8.00. The van der Waals surface area contributed by atoms with Crippen molar-refractivity contribution in [3.05, 3.63) is 54.2 Å². The smallest absolute Gasteiger partial charge is 0.354 e. The number of nitrogens with one attached hydrogen (secondary N) is 1. The minimum atomic E-state index is -1.08. The molecule has 0 aliphatic carbocycles. The summed E-state index contributed by atoms with van der Waals surface area (Å²) < 4.78 is 10.9. The molecule has 0 unspecified atom stereocenters. The number of aromatic amines is 1. The fourth-order valence-electron chi connectivity index (χ4n) is 3.22. The summed E-state index contributed by atoms with van der Waals surface area (Å²) >= 11 is 0. The van der Waals surface area contributed by atoms with E-state index in [9.17, 15) is 9.90 Å². The number of pyridine rings is 1. The first-order chi connectivity index (χ1) is 12.6. The maximum Gasteiger partial charge on any atom is 0.354 e. The zero-order chi connectivity index (χ0) is 18.3. The lowest BCUT2D eigenvalue weighted by Gasteiger charge is -2.13. The van der Waals surface area contributed by atoms with Crippen LogP contribution in [0, 0.1) is 0 Å². The van der Waals surface area contributed by atoms with Gasteiger partial charge in [0, 0.05) is 21.9 Å². The number of carboxylic acids is 1. The maximum atomic E-state index is 11.6. The summed E-state index contributed by atoms with van der Waals surface area (Å²) in [6.45, 7) is 0. The minimum Gasteiger partial charge on any atom is -0.493 e. The van der Waals surface area contributed by atoms with Crippen LogP contribution in [0.1, 0.15) is 10.5 Å². The highest BCUT2D eigenvalue weighted by Gasteiger charge is 2.20. The Morgan fingerprint density at radius 1 is 1.04 bits per heavy atom. The molecule has 4 aromatic rings. The van der Waals surface area contributed by atoms with E-state index in [1.165, 1.54) is 0 Å². The SMILES string of the molecule is COc1cccc(-c2nc(C(=O)O)cc3c2[nH]c2ccccc23)c1OC. The summed E-state index contributed by atoms with van der Waals surface area (Å²) in [5.74, 6) is -0.0259. The second kappa shape index (κ2) is 6.07. The van der Waals surface area contributed by atoms with Gasteiger partial charge in [0.2, 0.25) is 0 Å². The number of H-pyrrole nitrogens is 1. The number of aromatic carboxylic acids is 1. The highest BCUT2D eigenvalue weighted by molar-refractivity contribution is 6.13. The molecule has 130 valence electrons. The summed E-state index contributed by atoms with van der Waals surface area (Å²) in [6, 6.07) is 14.8. The van der Waals surface area contributed by atoms with Gasteiger partial charge in [0.1, 0.15) is 5.69 Å². The Kier molecular flexibility index (Phi) is 3.73. The van der Waals surface area contributed by atoms with Crippen LogP contribution in [0.3, 0.4) is 0 Å². The molecule has 2 heterocycles. The Bertz CT molecular complexity index is 1150. The van der Waals surface area contributed by atoms with Gasteiger partial charge >= 0.3 is 5.97 Å². The quantitative estimate of drug-likeness (QED) is 0.580. The molecule has 6 heteroatoms. The van der Waals surface area contributed by atoms with Crippen LogP contribution in [-0.2, 0) is 0 Å². The van der Waals surface area contributed by atoms with Gasteiger partial charge in [-0.3, -0.25) is 0 Å². The first kappa shape index (κ1) is 16.0. The molecule has 2 aromatic heterocycles. The van der Waals surface area contributed by atoms with Crippen molar-refractivity contribution in [2.45, 2.75) is 0 Å². The summed E-state index contributed by atoms with van der Waals surface area (Å²) in [5, 5.41) is 11.3. The van der Waals surface area contributed by atoms with Crippen molar-refractivity contribution < 1.29 is 19.4 Å². The fraction of sp³-hybridized carbons (Fsp3) is 0.100. The minimum absolute atomic E-state index is 0.0258. The number of hydrogen-bond acceptors (Lipinski definition) is 4. The van der Waals surface area contributed by atoms with Gasteiger partial charge in [0.25, 0.3) is 0 Å². The molecule has 0 spiro atoms. The van der Waals surface area contributed by atoms with Crippen LogP contribution >= 0.6 is 0 Å². The number of rotatable bonds is 4. The van der Waals surface area contributed by atoms with E-state index in [-0.39, 0.29) is 5.69 Å². The molecule has 0 saturated carbocycles. The molecule has 0 atom stereocenters. The number of para-hydroxylation sites is 2. The van der Waals surface area contributed by atoms with E-state index in [1.807, 2.05) is 36.4 Å². The van der Waals surface area contributed by atoms with E-state index in [0.29, 0.717) is 22.8 Å². The van der Waals surface area contributed by atoms with E-state index in [1.54, 1.807) is 26.4 Å². The van der Waals surface area contributed by atoms with Crippen LogP contribution in [0.15, 0.2) is 48.5 Å². The zero-order valence-electron chi connectivity index (χ0n) is 14.2. The number of benzene rings is 2. The molecule has 6 nitrogen and oxygen atoms in total. The van der Waals surface area contributed by atoms with E-state index >= 15 is 0 Å². The van der Waals surface area contributed by atoms with Crippen LogP contribution in [-0.4, -0.2) is 35.3 Å². The summed E-state index contributed by atoms with van der Waals surface area (Å²) in [4.78, 5) is 19.4. The molecule has 0 radical (unpaired) electrons. The Hall–Kier alpha value is -3.54. The number of methoxy groups -OCH3 is 2. The van der Waals surface area contributed by atoms with Crippen LogP contribution in [0.25, 0.3) is 33.1 Å². The monoisotopic (exact) mass is 348 g/mol. The fourth-order valence-corrected chi connectivity index (χ4v) is 3.22. The number of hydrogen-bond donors (Lipinski definition) is 2. The third-order valence-electron chi connectivity index (χ3n) is 4.37. The summed E-state index contributed by atoms with van der Waals surface area (Å²) in [7, 11) is 3.10. The molecular weight excluding hydrogens is 332 g/mol. The Morgan fingerprint density at radius 3 is 2.58 bits per heavy atom. The number of nitrogens with zero attached hydrogens (tertiary/aromatic N) is 1. The average molecular weight is 348 g/mol. The van der Waals surface area contributed by atoms with E-state index < -0.39 is 5.97 Å². The van der Waals surface area contributed by atoms with Crippen LogP contribution in [0.2, 0.25) is 0 Å². The zero-order valence-corrected chi connectivity index (χ0v) is 14.2. The van der Waals surface area contributed by atoms with Crippen LogP contribution in [0.4, 0.5) is 0 Å². The first-order valence-corrected chi connectivity index (χ1v) is 8.00. The van der Waals surface area contributed by atoms with E-state index in [4.69, 9.17) is 9.47 Å². The molecule has 0 bridgehead atoms. The lowest BCUT2D eigenvalue weighted by atomic mass is 10.0. The van der Waals surface area contributed by atoms with Gasteiger partial charge in [-0.1, -0.05) is 24.3 Å². The number of aromatic nitrogens is 2. The lowest BCUT2D eigenvalue weighted by molar-refractivity contribution is 0.0691. The molecule has 2 N–H and O–H groups in total. The van der Waals surface area contributed by atoms with Crippen molar-refractivity contribution in [2.75, 3.05) is 14.2 Å². The molecule has 2 aromatic carbocycles. The highest BCUT2D eigenvalue weighted by Crippen LogP contribution is 2.41. The number of ether oxygens (including phenoxy) is 2. The normalized spacial score (nSPS) is 11.0. The second-order valence-electron chi connectivity index (χ2n) is 5.80. The van der Waals surface area contributed by atoms with Gasteiger partial charge in [0.15, 0.2) is 11.5 Å². The van der Waals surface area contributed by atoms with Crippen molar-refractivity contribution in [1.82, 2.24) is 9.97 Å². The number of fused-ring (bicyclic) bond motifs is 3. The topological polar surface area (TPSA) is 84.4 Å². The van der Waals surface area contributed by atoms with Crippen LogP contribution < -0.4 is 9.47 Å². The highest BCUT2D eigenvalue weighted by atomic mass is 16.5. The standard InChI is InChI=1S/C20H16N2O4/c1-25-16-9-5-7-12(19(16)26-2)17-18-13(10-15(22-17)20(23)24)11-6-3-4-8-14(11)21-18/h3-10,21H,1-2H3,(H,23,24). The summed E-state index contributed by atoms with van der Waals surface area (Å²) in [6.07, 6.45) is 0. The van der Waals surface area contributed by atoms with Crippen molar-refractivity contribution in [2.24, 2.45) is 0 Å². The third kappa shape index (κ3) is 2.35. The lowest BCUT2D eigenvalue weighted by Crippen LogP contribution is -2.02. The predicted molar refractivity (Wildman–Crippen MR) is 99.1 cm³/mol. The van der Waals surface area contributed by atoms with Crippen molar-refractivity contribution in [3.63, 3.8) is 0 Å². The van der Waals surface area contributed by atoms with Gasteiger partial charge in [-0.15, -0.1) is 0 Å². The Labute approximate surface area is 149 Å². The van der Waals surface area contributed by atoms with Gasteiger partial charge in [-0.25, -0.2) is 9.78 Å². The van der Waals surface area contributed by atoms with Crippen LogP contribution in [0.5, 0.6) is 11.5 Å². The van der Waals surface area contributed by atoms with Gasteiger partial charge < -0.3 is 19.6 Å². The number of carbonyl (C=O) groups is 1. The molecule has 26 heavy (non-hydrogen) atoms.